The van der Waals surface area contributed by atoms with Gasteiger partial charge in [-0.3, -0.25) is 14.4 Å². The Morgan fingerprint density at radius 3 is 2.44 bits per heavy atom. The fourth-order valence-corrected chi connectivity index (χ4v) is 4.42. The number of hydrogen-bond donors (Lipinski definition) is 2. The van der Waals surface area contributed by atoms with Gasteiger partial charge in [0, 0.05) is 10.6 Å². The molecule has 3 aromatic rings. The molecule has 0 fully saturated rings. The minimum absolute atomic E-state index is 0.161. The number of ketones is 1. The van der Waals surface area contributed by atoms with Gasteiger partial charge in [0.2, 0.25) is 5.91 Å². The third kappa shape index (κ3) is 3.78. The second-order valence-electron chi connectivity index (χ2n) is 7.91. The molecule has 2 amide bonds. The van der Waals surface area contributed by atoms with E-state index in [1.54, 1.807) is 24.3 Å². The van der Waals surface area contributed by atoms with Crippen molar-refractivity contribution in [2.45, 2.75) is 25.3 Å². The Labute approximate surface area is 195 Å². The lowest BCUT2D eigenvalue weighted by atomic mass is 9.72. The van der Waals surface area contributed by atoms with E-state index in [1.807, 2.05) is 37.3 Å². The fourth-order valence-electron chi connectivity index (χ4n) is 3.84. The summed E-state index contributed by atoms with van der Waals surface area (Å²) < 4.78 is 0. The van der Waals surface area contributed by atoms with E-state index < -0.39 is 17.1 Å². The molecule has 5 nitrogen and oxygen atoms in total. The zero-order valence-corrected chi connectivity index (χ0v) is 18.9. The molecule has 2 atom stereocenters. The number of benzene rings is 3. The van der Waals surface area contributed by atoms with Crippen molar-refractivity contribution in [3.63, 3.8) is 0 Å². The second-order valence-corrected chi connectivity index (χ2v) is 8.75. The van der Waals surface area contributed by atoms with E-state index in [4.69, 9.17) is 23.2 Å². The molecule has 0 saturated heterocycles. The highest BCUT2D eigenvalue weighted by Gasteiger charge is 2.48. The van der Waals surface area contributed by atoms with Crippen molar-refractivity contribution in [1.82, 2.24) is 5.32 Å². The smallest absolute Gasteiger partial charge is 0.251 e. The van der Waals surface area contributed by atoms with Gasteiger partial charge in [-0.25, -0.2) is 0 Å². The van der Waals surface area contributed by atoms with Crippen molar-refractivity contribution in [1.29, 1.82) is 0 Å². The monoisotopic (exact) mass is 466 g/mol. The van der Waals surface area contributed by atoms with E-state index in [0.717, 1.165) is 5.56 Å². The minimum Gasteiger partial charge on any atom is -0.346 e. The molecule has 1 unspecified atom stereocenters. The first-order valence-corrected chi connectivity index (χ1v) is 10.8. The van der Waals surface area contributed by atoms with Crippen LogP contribution in [0.2, 0.25) is 10.0 Å². The number of halogens is 2. The summed E-state index contributed by atoms with van der Waals surface area (Å²) in [7, 11) is 0. The van der Waals surface area contributed by atoms with Crippen molar-refractivity contribution < 1.29 is 14.4 Å². The van der Waals surface area contributed by atoms with E-state index in [2.05, 4.69) is 10.6 Å². The van der Waals surface area contributed by atoms with Gasteiger partial charge in [0.1, 0.15) is 5.41 Å². The number of carbonyl (C=O) groups is 3. The number of Topliss-reactive ketones (excluding diaryl/α,β-unsaturated/α-hetero) is 1. The van der Waals surface area contributed by atoms with E-state index in [9.17, 15) is 14.4 Å². The summed E-state index contributed by atoms with van der Waals surface area (Å²) in [6.07, 6.45) is 0. The molecule has 2 N–H and O–H groups in total. The minimum atomic E-state index is -1.55. The average molecular weight is 467 g/mol. The molecule has 0 radical (unpaired) electrons. The summed E-state index contributed by atoms with van der Waals surface area (Å²) in [6.45, 7) is 3.42. The number of nitrogens with one attached hydrogen (secondary N) is 2. The molecule has 7 heteroatoms. The Kier molecular flexibility index (Phi) is 5.80. The van der Waals surface area contributed by atoms with Gasteiger partial charge in [-0.1, -0.05) is 65.7 Å². The van der Waals surface area contributed by atoms with Crippen LogP contribution in [0.5, 0.6) is 0 Å². The van der Waals surface area contributed by atoms with Crippen molar-refractivity contribution in [2.24, 2.45) is 0 Å². The molecule has 1 aliphatic rings. The molecular formula is C25H20Cl2N2O3. The Hall–Kier alpha value is -3.15. The molecule has 0 spiro atoms. The highest BCUT2D eigenvalue weighted by Crippen LogP contribution is 2.41. The van der Waals surface area contributed by atoms with Crippen LogP contribution in [0.25, 0.3) is 0 Å². The third-order valence-corrected chi connectivity index (χ3v) is 6.30. The molecule has 1 heterocycles. The molecule has 0 saturated carbocycles. The first-order chi connectivity index (χ1) is 15.2. The predicted octanol–water partition coefficient (Wildman–Crippen LogP) is 5.58. The Bertz CT molecular complexity index is 1240. The van der Waals surface area contributed by atoms with Crippen LogP contribution in [0.3, 0.4) is 0 Å². The largest absolute Gasteiger partial charge is 0.346 e. The summed E-state index contributed by atoms with van der Waals surface area (Å²) in [5.41, 5.74) is 0.644. The van der Waals surface area contributed by atoms with Gasteiger partial charge in [0.05, 0.1) is 22.3 Å². The standard InChI is InChI=1S/C25H20Cl2N2O3/c1-14(15-7-4-3-5-8-15)28-23(31)16-9-6-10-17(11-16)25(2)22(30)21-19(27)12-18(26)13-20(21)29-24(25)32/h3-14H,1-2H3,(H,28,31)(H,29,32)/t14-,25?/m0/s1. The first-order valence-electron chi connectivity index (χ1n) is 10.0. The number of carbonyl (C=O) groups excluding carboxylic acids is 3. The van der Waals surface area contributed by atoms with Gasteiger partial charge in [-0.2, -0.15) is 0 Å². The van der Waals surface area contributed by atoms with Crippen LogP contribution in [-0.4, -0.2) is 17.6 Å². The molecule has 4 rings (SSSR count). The van der Waals surface area contributed by atoms with Crippen LogP contribution in [-0.2, 0) is 10.2 Å². The van der Waals surface area contributed by atoms with E-state index in [0.29, 0.717) is 16.1 Å². The highest BCUT2D eigenvalue weighted by molar-refractivity contribution is 6.41. The highest BCUT2D eigenvalue weighted by atomic mass is 35.5. The van der Waals surface area contributed by atoms with E-state index in [1.165, 1.54) is 19.1 Å². The summed E-state index contributed by atoms with van der Waals surface area (Å²) >= 11 is 12.3. The topological polar surface area (TPSA) is 75.3 Å². The molecule has 3 aromatic carbocycles. The Balaban J connectivity index is 1.67. The number of amides is 2. The maximum atomic E-state index is 13.4. The van der Waals surface area contributed by atoms with Crippen molar-refractivity contribution in [2.75, 3.05) is 5.32 Å². The van der Waals surface area contributed by atoms with Crippen molar-refractivity contribution in [3.8, 4) is 0 Å². The Morgan fingerprint density at radius 2 is 1.72 bits per heavy atom. The summed E-state index contributed by atoms with van der Waals surface area (Å²) in [5.74, 6) is -1.27. The molecular weight excluding hydrogens is 447 g/mol. The average Bonchev–Trinajstić information content (AvgIpc) is 2.77. The first kappa shape index (κ1) is 22.1. The van der Waals surface area contributed by atoms with E-state index in [-0.39, 0.29) is 28.2 Å². The maximum Gasteiger partial charge on any atom is 0.251 e. The lowest BCUT2D eigenvalue weighted by molar-refractivity contribution is -0.119. The van der Waals surface area contributed by atoms with Gasteiger partial charge >= 0.3 is 0 Å². The lowest BCUT2D eigenvalue weighted by Crippen LogP contribution is -2.48. The van der Waals surface area contributed by atoms with Gasteiger partial charge in [0.15, 0.2) is 5.78 Å². The molecule has 32 heavy (non-hydrogen) atoms. The van der Waals surface area contributed by atoms with Gasteiger partial charge < -0.3 is 10.6 Å². The molecule has 0 bridgehead atoms. The molecule has 0 aromatic heterocycles. The SMILES string of the molecule is C[C@H](NC(=O)c1cccc(C2(C)C(=O)Nc3cc(Cl)cc(Cl)c3C2=O)c1)c1ccccc1. The molecule has 0 aliphatic carbocycles. The maximum absolute atomic E-state index is 13.4. The zero-order valence-electron chi connectivity index (χ0n) is 17.4. The van der Waals surface area contributed by atoms with Crippen LogP contribution in [0.15, 0.2) is 66.7 Å². The van der Waals surface area contributed by atoms with Gasteiger partial charge in [-0.15, -0.1) is 0 Å². The number of rotatable bonds is 4. The van der Waals surface area contributed by atoms with Crippen LogP contribution in [0.1, 0.15) is 51.7 Å². The van der Waals surface area contributed by atoms with Crippen LogP contribution in [0.4, 0.5) is 5.69 Å². The molecule has 1 aliphatic heterocycles. The normalized spacial score (nSPS) is 18.5. The summed E-state index contributed by atoms with van der Waals surface area (Å²) in [6, 6.07) is 18.9. The second kappa shape index (κ2) is 8.41. The van der Waals surface area contributed by atoms with Crippen LogP contribution < -0.4 is 10.6 Å². The number of anilines is 1. The summed E-state index contributed by atoms with van der Waals surface area (Å²) in [4.78, 5) is 39.4. The van der Waals surface area contributed by atoms with E-state index >= 15 is 0 Å². The van der Waals surface area contributed by atoms with Gasteiger partial charge in [-0.05, 0) is 49.2 Å². The lowest BCUT2D eigenvalue weighted by Gasteiger charge is -2.33. The van der Waals surface area contributed by atoms with Gasteiger partial charge in [0.25, 0.3) is 5.91 Å². The quantitative estimate of drug-likeness (QED) is 0.492. The van der Waals surface area contributed by atoms with Crippen molar-refractivity contribution >= 4 is 46.5 Å². The van der Waals surface area contributed by atoms with Crippen molar-refractivity contribution in [3.05, 3.63) is 99.0 Å². The number of hydrogen-bond acceptors (Lipinski definition) is 3. The zero-order chi connectivity index (χ0) is 23.0. The van der Waals surface area contributed by atoms with Crippen LogP contribution >= 0.6 is 23.2 Å². The predicted molar refractivity (Wildman–Crippen MR) is 126 cm³/mol. The Morgan fingerprint density at radius 1 is 1.00 bits per heavy atom. The number of fused-ring (bicyclic) bond motifs is 1. The third-order valence-electron chi connectivity index (χ3n) is 5.79. The van der Waals surface area contributed by atoms with Crippen LogP contribution in [0, 0.1) is 0 Å². The summed E-state index contributed by atoms with van der Waals surface area (Å²) in [5, 5.41) is 6.16. The fraction of sp³-hybridized carbons (Fsp3) is 0.160. The molecule has 162 valence electrons.